The highest BCUT2D eigenvalue weighted by Crippen LogP contribution is 2.31. The maximum absolute atomic E-state index is 10.3. The first-order chi connectivity index (χ1) is 9.99. The summed E-state index contributed by atoms with van der Waals surface area (Å²) in [6.07, 6.45) is 2.65. The topological polar surface area (TPSA) is 26.7 Å². The van der Waals surface area contributed by atoms with Crippen molar-refractivity contribution in [2.45, 2.75) is 31.4 Å². The van der Waals surface area contributed by atoms with E-state index < -0.39 is 6.10 Å². The largest absolute Gasteiger partial charge is 0.388 e. The van der Waals surface area contributed by atoms with E-state index in [9.17, 15) is 5.11 Å². The number of hydrogen-bond acceptors (Lipinski definition) is 3. The number of nitrogens with zero attached hydrogens (tertiary/aromatic N) is 2. The van der Waals surface area contributed by atoms with Crippen LogP contribution in [0.5, 0.6) is 0 Å². The van der Waals surface area contributed by atoms with Gasteiger partial charge in [-0.05, 0) is 46.0 Å². The van der Waals surface area contributed by atoms with Crippen molar-refractivity contribution >= 4 is 23.2 Å². The summed E-state index contributed by atoms with van der Waals surface area (Å²) in [5.41, 5.74) is 0.718. The third kappa shape index (κ3) is 4.57. The summed E-state index contributed by atoms with van der Waals surface area (Å²) in [7, 11) is 4.30. The summed E-state index contributed by atoms with van der Waals surface area (Å²) >= 11 is 12.1. The molecule has 1 aliphatic rings. The first-order valence-corrected chi connectivity index (χ1v) is 8.25. The molecular weight excluding hydrogens is 307 g/mol. The predicted molar refractivity (Wildman–Crippen MR) is 89.2 cm³/mol. The average molecular weight is 331 g/mol. The minimum absolute atomic E-state index is 0.463. The van der Waals surface area contributed by atoms with E-state index >= 15 is 0 Å². The molecule has 3 nitrogen and oxygen atoms in total. The number of halogens is 2. The van der Waals surface area contributed by atoms with Gasteiger partial charge in [0.05, 0.1) is 16.1 Å². The monoisotopic (exact) mass is 330 g/mol. The minimum atomic E-state index is -0.569. The summed E-state index contributed by atoms with van der Waals surface area (Å²) in [4.78, 5) is 4.70. The van der Waals surface area contributed by atoms with Crippen molar-refractivity contribution in [2.75, 3.05) is 33.7 Å². The second-order valence-corrected chi connectivity index (χ2v) is 6.77. The third-order valence-corrected chi connectivity index (χ3v) is 5.15. The fourth-order valence-electron chi connectivity index (χ4n) is 2.94. The number of likely N-dealkylation sites (N-methyl/N-ethyl adjacent to an activating group) is 2. The maximum atomic E-state index is 10.3. The van der Waals surface area contributed by atoms with Crippen molar-refractivity contribution in [1.82, 2.24) is 9.80 Å². The summed E-state index contributed by atoms with van der Waals surface area (Å²) in [5, 5.41) is 11.3. The number of likely N-dealkylation sites (tertiary alicyclic amines) is 1. The van der Waals surface area contributed by atoms with E-state index in [0.29, 0.717) is 22.5 Å². The lowest BCUT2D eigenvalue weighted by Crippen LogP contribution is -2.37. The van der Waals surface area contributed by atoms with Gasteiger partial charge in [0.2, 0.25) is 0 Å². The van der Waals surface area contributed by atoms with E-state index in [4.69, 9.17) is 23.2 Å². The molecule has 0 spiro atoms. The first kappa shape index (κ1) is 17.0. The molecule has 21 heavy (non-hydrogen) atoms. The Hall–Kier alpha value is -0.320. The highest BCUT2D eigenvalue weighted by atomic mass is 35.5. The molecule has 1 N–H and O–H groups in total. The number of aliphatic hydroxyl groups excluding tert-OH is 1. The van der Waals surface area contributed by atoms with Gasteiger partial charge < -0.3 is 14.9 Å². The Labute approximate surface area is 137 Å². The zero-order valence-corrected chi connectivity index (χ0v) is 14.2. The van der Waals surface area contributed by atoms with E-state index in [1.807, 2.05) is 12.1 Å². The quantitative estimate of drug-likeness (QED) is 0.865. The van der Waals surface area contributed by atoms with Gasteiger partial charge >= 0.3 is 0 Å². The van der Waals surface area contributed by atoms with E-state index in [-0.39, 0.29) is 0 Å². The van der Waals surface area contributed by atoms with E-state index in [1.165, 1.54) is 19.4 Å². The Bertz CT molecular complexity index is 470. The first-order valence-electron chi connectivity index (χ1n) is 7.49. The van der Waals surface area contributed by atoms with Crippen LogP contribution in [0.3, 0.4) is 0 Å². The Morgan fingerprint density at radius 1 is 1.43 bits per heavy atom. The van der Waals surface area contributed by atoms with Gasteiger partial charge in [-0.25, -0.2) is 0 Å². The Morgan fingerprint density at radius 2 is 2.19 bits per heavy atom. The van der Waals surface area contributed by atoms with Crippen molar-refractivity contribution in [2.24, 2.45) is 0 Å². The zero-order chi connectivity index (χ0) is 15.4. The van der Waals surface area contributed by atoms with Crippen LogP contribution in [0, 0.1) is 0 Å². The summed E-state index contributed by atoms with van der Waals surface area (Å²) in [6, 6.07) is 6.04. The van der Waals surface area contributed by atoms with Crippen LogP contribution in [-0.4, -0.2) is 54.7 Å². The molecule has 2 rings (SSSR count). The Morgan fingerprint density at radius 3 is 2.86 bits per heavy atom. The highest BCUT2D eigenvalue weighted by Gasteiger charge is 2.22. The smallest absolute Gasteiger partial charge is 0.0817 e. The van der Waals surface area contributed by atoms with Crippen LogP contribution in [0.2, 0.25) is 10.0 Å². The van der Waals surface area contributed by atoms with Crippen molar-refractivity contribution in [3.63, 3.8) is 0 Å². The number of aliphatic hydroxyl groups is 1. The van der Waals surface area contributed by atoms with Gasteiger partial charge in [-0.15, -0.1) is 0 Å². The second kappa shape index (κ2) is 7.80. The fourth-order valence-corrected chi connectivity index (χ4v) is 3.37. The number of benzene rings is 1. The van der Waals surface area contributed by atoms with E-state index in [0.717, 1.165) is 18.7 Å². The second-order valence-electron chi connectivity index (χ2n) is 5.99. The SMILES string of the molecule is CN(CCC(O)c1cccc(Cl)c1Cl)CC1CCCN1C. The van der Waals surface area contributed by atoms with E-state index in [2.05, 4.69) is 23.9 Å². The normalized spacial score (nSPS) is 21.1. The molecule has 2 atom stereocenters. The van der Waals surface area contributed by atoms with E-state index in [1.54, 1.807) is 6.07 Å². The third-order valence-electron chi connectivity index (χ3n) is 4.32. The van der Waals surface area contributed by atoms with Crippen LogP contribution >= 0.6 is 23.2 Å². The molecule has 2 unspecified atom stereocenters. The lowest BCUT2D eigenvalue weighted by Gasteiger charge is -2.26. The van der Waals surface area contributed by atoms with Crippen LogP contribution in [-0.2, 0) is 0 Å². The molecular formula is C16H24Cl2N2O. The van der Waals surface area contributed by atoms with Crippen molar-refractivity contribution in [3.05, 3.63) is 33.8 Å². The summed E-state index contributed by atoms with van der Waals surface area (Å²) in [6.45, 7) is 3.08. The van der Waals surface area contributed by atoms with Gasteiger partial charge in [0.1, 0.15) is 0 Å². The maximum Gasteiger partial charge on any atom is 0.0817 e. The highest BCUT2D eigenvalue weighted by molar-refractivity contribution is 6.42. The van der Waals surface area contributed by atoms with Crippen LogP contribution in [0.4, 0.5) is 0 Å². The molecule has 1 aromatic carbocycles. The van der Waals surface area contributed by atoms with Crippen molar-refractivity contribution in [1.29, 1.82) is 0 Å². The molecule has 0 amide bonds. The van der Waals surface area contributed by atoms with Gasteiger partial charge in [-0.3, -0.25) is 0 Å². The zero-order valence-electron chi connectivity index (χ0n) is 12.7. The summed E-state index contributed by atoms with van der Waals surface area (Å²) < 4.78 is 0. The van der Waals surface area contributed by atoms with Gasteiger partial charge in [0, 0.05) is 24.7 Å². The molecule has 1 fully saturated rings. The molecule has 1 aromatic rings. The lowest BCUT2D eigenvalue weighted by molar-refractivity contribution is 0.140. The molecule has 0 radical (unpaired) electrons. The van der Waals surface area contributed by atoms with Crippen molar-refractivity contribution < 1.29 is 5.11 Å². The average Bonchev–Trinajstić information content (AvgIpc) is 2.84. The number of rotatable bonds is 6. The predicted octanol–water partition coefficient (Wildman–Crippen LogP) is 3.44. The molecule has 0 saturated carbocycles. The van der Waals surface area contributed by atoms with Crippen LogP contribution < -0.4 is 0 Å². The van der Waals surface area contributed by atoms with Crippen LogP contribution in [0.1, 0.15) is 30.9 Å². The van der Waals surface area contributed by atoms with Gasteiger partial charge in [-0.1, -0.05) is 35.3 Å². The van der Waals surface area contributed by atoms with Crippen LogP contribution in [0.15, 0.2) is 18.2 Å². The molecule has 0 aromatic heterocycles. The molecule has 0 bridgehead atoms. The Balaban J connectivity index is 1.83. The molecule has 1 aliphatic heterocycles. The van der Waals surface area contributed by atoms with Crippen LogP contribution in [0.25, 0.3) is 0 Å². The molecule has 1 heterocycles. The summed E-state index contributed by atoms with van der Waals surface area (Å²) in [5.74, 6) is 0. The fraction of sp³-hybridized carbons (Fsp3) is 0.625. The Kier molecular flexibility index (Phi) is 6.33. The molecule has 0 aliphatic carbocycles. The number of hydrogen-bond donors (Lipinski definition) is 1. The molecule has 118 valence electrons. The van der Waals surface area contributed by atoms with Gasteiger partial charge in [-0.2, -0.15) is 0 Å². The lowest BCUT2D eigenvalue weighted by atomic mass is 10.1. The van der Waals surface area contributed by atoms with Gasteiger partial charge in [0.25, 0.3) is 0 Å². The molecule has 1 saturated heterocycles. The standard InChI is InChI=1S/C16H24Cl2N2O/c1-19(11-12-5-4-9-20(12)2)10-8-15(21)13-6-3-7-14(17)16(13)18/h3,6-7,12,15,21H,4-5,8-11H2,1-2H3. The van der Waals surface area contributed by atoms with Gasteiger partial charge in [0.15, 0.2) is 0 Å². The molecule has 5 heteroatoms. The van der Waals surface area contributed by atoms with Crippen molar-refractivity contribution in [3.8, 4) is 0 Å². The minimum Gasteiger partial charge on any atom is -0.388 e.